The minimum absolute atomic E-state index is 0.502. The Morgan fingerprint density at radius 1 is 0.506 bits per heavy atom. The smallest absolute Gasteiger partial charge is 0.00617 e. The van der Waals surface area contributed by atoms with Gasteiger partial charge in [-0.1, -0.05) is 316 Å². The van der Waals surface area contributed by atoms with Crippen molar-refractivity contribution in [2.24, 2.45) is 0 Å². The summed E-state index contributed by atoms with van der Waals surface area (Å²) < 4.78 is 0. The molecule has 9 aromatic rings. The van der Waals surface area contributed by atoms with E-state index < -0.39 is 0 Å². The van der Waals surface area contributed by atoms with Gasteiger partial charge in [-0.3, -0.25) is 0 Å². The van der Waals surface area contributed by atoms with Crippen LogP contribution in [-0.2, 0) is 19.3 Å². The fourth-order valence-electron chi connectivity index (χ4n) is 10.1. The largest absolute Gasteiger partial charge is 0.124 e. The Morgan fingerprint density at radius 3 is 1.56 bits per heavy atom. The van der Waals surface area contributed by atoms with Crippen LogP contribution in [0.15, 0.2) is 249 Å². The molecule has 0 nitrogen and oxygen atoms in total. The zero-order chi connectivity index (χ0) is 56.8. The maximum Gasteiger partial charge on any atom is 0.00617 e. The Kier molecular flexibility index (Phi) is 26.4. The van der Waals surface area contributed by atoms with Crippen molar-refractivity contribution in [3.05, 3.63) is 299 Å². The van der Waals surface area contributed by atoms with Gasteiger partial charge in [-0.25, -0.2) is 0 Å². The molecule has 1 atom stereocenters. The number of aryl methyl sites for hydroxylation is 2. The molecule has 0 aliphatic heterocycles. The number of allylic oxidation sites excluding steroid dienone is 6. The second-order valence-electron chi connectivity index (χ2n) is 19.3. The van der Waals surface area contributed by atoms with E-state index in [1.165, 1.54) is 119 Å². The number of terminal acetylenes is 1. The molecule has 0 spiro atoms. The maximum atomic E-state index is 4.00. The number of fused-ring (bicyclic) bond motifs is 3. The first-order chi connectivity index (χ1) is 38.9. The van der Waals surface area contributed by atoms with E-state index in [1.807, 2.05) is 33.8 Å². The average Bonchev–Trinajstić information content (AvgIpc) is 4.17. The average molecular weight is 1040 g/mol. The second-order valence-corrected chi connectivity index (χ2v) is 19.3. The SMILES string of the molecule is C#C.C/C(=C\Cc1ccccc1)c1ccccc1.CC.CC.CCCC.CCc1c2c(c(-c3ccccc3)c(-c3ccccc3)c1-c1ccccc1C)-c1ccccc1C2.Cc1cccc(C2=CC(c3ccccc3)CC=C2)c1. The molecular weight excluding hydrogens is 949 g/mol. The summed E-state index contributed by atoms with van der Waals surface area (Å²) in [7, 11) is 0. The second kappa shape index (κ2) is 33.8. The third-order valence-corrected chi connectivity index (χ3v) is 14.1. The van der Waals surface area contributed by atoms with Crippen molar-refractivity contribution in [2.45, 2.75) is 114 Å². The van der Waals surface area contributed by atoms with E-state index in [0.717, 1.165) is 25.7 Å². The van der Waals surface area contributed by atoms with Gasteiger partial charge in [0.1, 0.15) is 0 Å². The van der Waals surface area contributed by atoms with Gasteiger partial charge in [-0.15, -0.1) is 12.8 Å². The topological polar surface area (TPSA) is 0 Å². The summed E-state index contributed by atoms with van der Waals surface area (Å²) in [5, 5.41) is 0. The monoisotopic (exact) mass is 1030 g/mol. The molecule has 0 saturated carbocycles. The predicted molar refractivity (Wildman–Crippen MR) is 351 cm³/mol. The first-order valence-electron chi connectivity index (χ1n) is 28.9. The highest BCUT2D eigenvalue weighted by molar-refractivity contribution is 6.06. The third-order valence-electron chi connectivity index (χ3n) is 14.1. The van der Waals surface area contributed by atoms with Crippen molar-refractivity contribution in [1.29, 1.82) is 0 Å². The zero-order valence-corrected chi connectivity index (χ0v) is 49.1. The van der Waals surface area contributed by atoms with Gasteiger partial charge in [0.05, 0.1) is 0 Å². The number of unbranched alkanes of at least 4 members (excludes halogenated alkanes) is 1. The van der Waals surface area contributed by atoms with E-state index >= 15 is 0 Å². The van der Waals surface area contributed by atoms with Crippen molar-refractivity contribution < 1.29 is 0 Å². The maximum absolute atomic E-state index is 4.00. The lowest BCUT2D eigenvalue weighted by atomic mass is 9.77. The Labute approximate surface area is 478 Å². The number of hydrogen-bond acceptors (Lipinski definition) is 0. The van der Waals surface area contributed by atoms with Crippen LogP contribution in [0.3, 0.4) is 0 Å². The molecule has 0 fully saturated rings. The van der Waals surface area contributed by atoms with Crippen molar-refractivity contribution in [3.63, 3.8) is 0 Å². The van der Waals surface area contributed by atoms with Crippen LogP contribution in [0.25, 0.3) is 55.7 Å². The van der Waals surface area contributed by atoms with Gasteiger partial charge >= 0.3 is 0 Å². The summed E-state index contributed by atoms with van der Waals surface area (Å²) >= 11 is 0. The lowest BCUT2D eigenvalue weighted by molar-refractivity contribution is 0.857. The minimum atomic E-state index is 0.502. The van der Waals surface area contributed by atoms with Crippen LogP contribution in [-0.4, -0.2) is 0 Å². The predicted octanol–water partition coefficient (Wildman–Crippen LogP) is 22.7. The fraction of sp³-hybridized carbons (Fsp3) is 0.215. The van der Waals surface area contributed by atoms with Crippen molar-refractivity contribution in [2.75, 3.05) is 0 Å². The molecule has 0 saturated heterocycles. The molecule has 0 aromatic heterocycles. The van der Waals surface area contributed by atoms with Crippen LogP contribution in [0.4, 0.5) is 0 Å². The van der Waals surface area contributed by atoms with E-state index in [2.05, 4.69) is 297 Å². The summed E-state index contributed by atoms with van der Waals surface area (Å²) in [6.07, 6.45) is 24.0. The molecule has 2 aliphatic rings. The molecule has 0 bridgehead atoms. The molecule has 9 aromatic carbocycles. The quantitative estimate of drug-likeness (QED) is 0.120. The highest BCUT2D eigenvalue weighted by atomic mass is 14.3. The van der Waals surface area contributed by atoms with Gasteiger partial charge < -0.3 is 0 Å². The van der Waals surface area contributed by atoms with Gasteiger partial charge in [0.15, 0.2) is 0 Å². The molecule has 1 unspecified atom stereocenters. The molecular formula is C79H86. The van der Waals surface area contributed by atoms with Crippen LogP contribution in [0.5, 0.6) is 0 Å². The Bertz CT molecular complexity index is 3290. The normalized spacial score (nSPS) is 12.3. The van der Waals surface area contributed by atoms with E-state index in [1.54, 1.807) is 0 Å². The Morgan fingerprint density at radius 2 is 1.00 bits per heavy atom. The first kappa shape index (κ1) is 61.6. The van der Waals surface area contributed by atoms with E-state index in [4.69, 9.17) is 0 Å². The molecule has 0 heteroatoms. The summed E-state index contributed by atoms with van der Waals surface area (Å²) in [4.78, 5) is 0. The molecule has 0 amide bonds. The first-order valence-corrected chi connectivity index (χ1v) is 28.9. The number of benzene rings is 9. The van der Waals surface area contributed by atoms with Gasteiger partial charge in [0, 0.05) is 5.92 Å². The molecule has 11 rings (SSSR count). The summed E-state index contributed by atoms with van der Waals surface area (Å²) in [5.74, 6) is 0.502. The van der Waals surface area contributed by atoms with E-state index in [0.29, 0.717) is 5.92 Å². The molecule has 0 N–H and O–H groups in total. The van der Waals surface area contributed by atoms with E-state index in [-0.39, 0.29) is 0 Å². The van der Waals surface area contributed by atoms with Crippen LogP contribution in [0.2, 0.25) is 0 Å². The lowest BCUT2D eigenvalue weighted by Gasteiger charge is -2.26. The third kappa shape index (κ3) is 16.9. The highest BCUT2D eigenvalue weighted by Gasteiger charge is 2.31. The van der Waals surface area contributed by atoms with Crippen LogP contribution in [0, 0.1) is 26.7 Å². The van der Waals surface area contributed by atoms with Crippen LogP contribution < -0.4 is 0 Å². The standard InChI is InChI=1S/C34H28.C19H18.C16H16.C4H10.2C2H6.C2H2/c1-3-27-30-22-26-19-11-13-21-29(26)34(30)32(25-17-8-5-9-18-25)31(24-15-6-4-7-16-24)33(27)28-20-12-10-14-23(28)2;1-15-7-5-10-17(13-15)19-12-6-11-18(14-19)16-8-3-2-4-9-16;1-14(16-10-6-3-7-11-16)12-13-15-8-4-2-5-9-15;1-3-4-2;3*1-2/h4-21H,3,22H2,1-2H3;2-10,12-14,18H,11H2,1H3;2-12H,13H2,1H3;3-4H2,1-2H3;2*1-2H3;1-2H/b;;14-12+;;;;. The van der Waals surface area contributed by atoms with Gasteiger partial charge in [0.2, 0.25) is 0 Å². The van der Waals surface area contributed by atoms with Crippen molar-refractivity contribution >= 4 is 11.1 Å². The highest BCUT2D eigenvalue weighted by Crippen LogP contribution is 2.54. The number of hydrogen-bond donors (Lipinski definition) is 0. The van der Waals surface area contributed by atoms with Gasteiger partial charge in [-0.05, 0) is 147 Å². The summed E-state index contributed by atoms with van der Waals surface area (Å²) in [6, 6.07) is 80.4. The van der Waals surface area contributed by atoms with Gasteiger partial charge in [0.25, 0.3) is 0 Å². The molecule has 0 heterocycles. The van der Waals surface area contributed by atoms with Gasteiger partial charge in [-0.2, -0.15) is 0 Å². The minimum Gasteiger partial charge on any atom is -0.124 e. The summed E-state index contributed by atoms with van der Waals surface area (Å²) in [5.41, 5.74) is 25.9. The molecule has 2 aliphatic carbocycles. The zero-order valence-electron chi connectivity index (χ0n) is 49.1. The lowest BCUT2D eigenvalue weighted by Crippen LogP contribution is -2.03. The molecule has 79 heavy (non-hydrogen) atoms. The van der Waals surface area contributed by atoms with Crippen molar-refractivity contribution in [1.82, 2.24) is 0 Å². The summed E-state index contributed by atoms with van der Waals surface area (Å²) in [6.45, 7) is 21.2. The Balaban J connectivity index is 0.000000217. The molecule has 402 valence electrons. The van der Waals surface area contributed by atoms with Crippen LogP contribution >= 0.6 is 0 Å². The molecule has 0 radical (unpaired) electrons. The van der Waals surface area contributed by atoms with Crippen molar-refractivity contribution in [3.8, 4) is 57.4 Å². The number of rotatable bonds is 10. The fourth-order valence-corrected chi connectivity index (χ4v) is 10.1. The van der Waals surface area contributed by atoms with E-state index in [9.17, 15) is 0 Å². The van der Waals surface area contributed by atoms with Crippen LogP contribution in [0.1, 0.15) is 131 Å². The Hall–Kier alpha value is -8.24.